The van der Waals surface area contributed by atoms with Crippen LogP contribution in [0, 0.1) is 0 Å². The molecule has 1 aliphatic heterocycles. The molecule has 1 fully saturated rings. The summed E-state index contributed by atoms with van der Waals surface area (Å²) in [5.41, 5.74) is 0. The van der Waals surface area contributed by atoms with Gasteiger partial charge in [0.25, 0.3) is 0 Å². The van der Waals surface area contributed by atoms with Crippen LogP contribution in [0.5, 0.6) is 0 Å². The Balaban J connectivity index is 2.26. The van der Waals surface area contributed by atoms with Gasteiger partial charge in [-0.3, -0.25) is 14.4 Å². The second-order valence-corrected chi connectivity index (χ2v) is 6.54. The first-order valence-corrected chi connectivity index (χ1v) is 7.66. The van der Waals surface area contributed by atoms with Gasteiger partial charge in [-0.1, -0.05) is 0 Å². The van der Waals surface area contributed by atoms with E-state index < -0.39 is 27.7 Å². The molecular formula is C10H17N3O5S. The molecule has 0 aromatic carbocycles. The van der Waals surface area contributed by atoms with Gasteiger partial charge in [0.15, 0.2) is 9.84 Å². The quantitative estimate of drug-likeness (QED) is 0.392. The first-order valence-electron chi connectivity index (χ1n) is 5.84. The maximum atomic E-state index is 11.4. The maximum absolute atomic E-state index is 11.4. The second-order valence-electron chi connectivity index (χ2n) is 4.31. The average molecular weight is 291 g/mol. The third-order valence-electron chi connectivity index (χ3n) is 2.56. The van der Waals surface area contributed by atoms with E-state index in [2.05, 4.69) is 16.0 Å². The molecule has 0 saturated carbocycles. The summed E-state index contributed by atoms with van der Waals surface area (Å²) in [5.74, 6) is -2.02. The summed E-state index contributed by atoms with van der Waals surface area (Å²) >= 11 is 0. The molecule has 1 rings (SSSR count). The third kappa shape index (κ3) is 5.69. The van der Waals surface area contributed by atoms with Crippen LogP contribution in [0.1, 0.15) is 13.3 Å². The lowest BCUT2D eigenvalue weighted by Gasteiger charge is -2.10. The maximum Gasteiger partial charge on any atom is 0.309 e. The van der Waals surface area contributed by atoms with E-state index in [4.69, 9.17) is 0 Å². The molecule has 0 aliphatic carbocycles. The summed E-state index contributed by atoms with van der Waals surface area (Å²) < 4.78 is 22.3. The molecule has 8 nitrogen and oxygen atoms in total. The summed E-state index contributed by atoms with van der Waals surface area (Å²) in [6.45, 7) is 1.70. The summed E-state index contributed by atoms with van der Waals surface area (Å²) in [5, 5.41) is 7.14. The fourth-order valence-electron chi connectivity index (χ4n) is 1.65. The van der Waals surface area contributed by atoms with E-state index in [1.54, 1.807) is 0 Å². The molecule has 108 valence electrons. The number of carbonyl (C=O) groups is 3. The Hall–Kier alpha value is -1.64. The van der Waals surface area contributed by atoms with Gasteiger partial charge in [0.2, 0.25) is 5.91 Å². The highest BCUT2D eigenvalue weighted by Crippen LogP contribution is 2.10. The molecule has 0 spiro atoms. The Morgan fingerprint density at radius 1 is 1.11 bits per heavy atom. The molecule has 1 saturated heterocycles. The minimum atomic E-state index is -3.09. The Bertz CT molecular complexity index is 474. The van der Waals surface area contributed by atoms with E-state index >= 15 is 0 Å². The number of hydrogen-bond donors (Lipinski definition) is 3. The summed E-state index contributed by atoms with van der Waals surface area (Å²) in [6.07, 6.45) is 0.327. The van der Waals surface area contributed by atoms with Crippen LogP contribution in [0.2, 0.25) is 0 Å². The van der Waals surface area contributed by atoms with Gasteiger partial charge in [0.05, 0.1) is 11.5 Å². The minimum absolute atomic E-state index is 0.0299. The Labute approximate surface area is 111 Å². The standard InChI is InChI=1S/C10H17N3O5S/c1-7(14)11-3-4-12-9(15)10(16)13-8-2-5-19(17,18)6-8/h8H,2-6H2,1H3,(H,11,14)(H,12,15)(H,13,16). The van der Waals surface area contributed by atoms with Crippen LogP contribution in [-0.4, -0.2) is 56.8 Å². The number of nitrogens with one attached hydrogen (secondary N) is 3. The molecule has 0 aromatic rings. The lowest BCUT2D eigenvalue weighted by atomic mass is 10.2. The topological polar surface area (TPSA) is 121 Å². The lowest BCUT2D eigenvalue weighted by molar-refractivity contribution is -0.139. The van der Waals surface area contributed by atoms with E-state index in [9.17, 15) is 22.8 Å². The van der Waals surface area contributed by atoms with E-state index in [0.717, 1.165) is 0 Å². The molecule has 0 bridgehead atoms. The zero-order valence-electron chi connectivity index (χ0n) is 10.6. The molecular weight excluding hydrogens is 274 g/mol. The fourth-order valence-corrected chi connectivity index (χ4v) is 3.33. The van der Waals surface area contributed by atoms with Gasteiger partial charge >= 0.3 is 11.8 Å². The lowest BCUT2D eigenvalue weighted by Crippen LogP contribution is -2.46. The third-order valence-corrected chi connectivity index (χ3v) is 4.33. The van der Waals surface area contributed by atoms with Crippen molar-refractivity contribution >= 4 is 27.6 Å². The molecule has 3 amide bonds. The Morgan fingerprint density at radius 2 is 1.74 bits per heavy atom. The summed E-state index contributed by atoms with van der Waals surface area (Å²) in [6, 6.07) is -0.501. The normalized spacial score (nSPS) is 20.6. The van der Waals surface area contributed by atoms with Crippen LogP contribution in [-0.2, 0) is 24.2 Å². The fraction of sp³-hybridized carbons (Fsp3) is 0.700. The monoisotopic (exact) mass is 291 g/mol. The van der Waals surface area contributed by atoms with Gasteiger partial charge in [-0.2, -0.15) is 0 Å². The molecule has 1 heterocycles. The zero-order chi connectivity index (χ0) is 14.5. The van der Waals surface area contributed by atoms with Crippen LogP contribution in [0.3, 0.4) is 0 Å². The summed E-state index contributed by atoms with van der Waals surface area (Å²) in [7, 11) is -3.09. The number of carbonyl (C=O) groups excluding carboxylic acids is 3. The van der Waals surface area contributed by atoms with E-state index in [-0.39, 0.29) is 30.5 Å². The molecule has 3 N–H and O–H groups in total. The van der Waals surface area contributed by atoms with Crippen LogP contribution >= 0.6 is 0 Å². The minimum Gasteiger partial charge on any atom is -0.355 e. The molecule has 1 unspecified atom stereocenters. The molecule has 0 aromatic heterocycles. The molecule has 1 aliphatic rings. The zero-order valence-corrected chi connectivity index (χ0v) is 11.4. The number of rotatable bonds is 4. The van der Waals surface area contributed by atoms with Crippen LogP contribution < -0.4 is 16.0 Å². The van der Waals surface area contributed by atoms with E-state index in [1.807, 2.05) is 0 Å². The predicted octanol–water partition coefficient (Wildman–Crippen LogP) is -2.46. The number of hydrogen-bond acceptors (Lipinski definition) is 5. The highest BCUT2D eigenvalue weighted by atomic mass is 32.2. The van der Waals surface area contributed by atoms with E-state index in [1.165, 1.54) is 6.92 Å². The molecule has 9 heteroatoms. The van der Waals surface area contributed by atoms with Gasteiger partial charge in [0, 0.05) is 26.1 Å². The van der Waals surface area contributed by atoms with Crippen molar-refractivity contribution in [2.45, 2.75) is 19.4 Å². The van der Waals surface area contributed by atoms with Crippen LogP contribution in [0.15, 0.2) is 0 Å². The van der Waals surface area contributed by atoms with Crippen molar-refractivity contribution in [3.05, 3.63) is 0 Å². The highest BCUT2D eigenvalue weighted by Gasteiger charge is 2.30. The molecule has 19 heavy (non-hydrogen) atoms. The molecule has 1 atom stereocenters. The number of amides is 3. The SMILES string of the molecule is CC(=O)NCCNC(=O)C(=O)NC1CCS(=O)(=O)C1. The van der Waals surface area contributed by atoms with Gasteiger partial charge in [-0.05, 0) is 6.42 Å². The van der Waals surface area contributed by atoms with Crippen LogP contribution in [0.4, 0.5) is 0 Å². The van der Waals surface area contributed by atoms with Crippen molar-refractivity contribution in [2.75, 3.05) is 24.6 Å². The Kier molecular flexibility index (Phi) is 5.28. The first-order chi connectivity index (χ1) is 8.80. The smallest absolute Gasteiger partial charge is 0.309 e. The Morgan fingerprint density at radius 3 is 2.26 bits per heavy atom. The van der Waals surface area contributed by atoms with Gasteiger partial charge < -0.3 is 16.0 Å². The highest BCUT2D eigenvalue weighted by molar-refractivity contribution is 7.91. The van der Waals surface area contributed by atoms with Crippen molar-refractivity contribution < 1.29 is 22.8 Å². The largest absolute Gasteiger partial charge is 0.355 e. The van der Waals surface area contributed by atoms with Gasteiger partial charge in [-0.25, -0.2) is 8.42 Å². The van der Waals surface area contributed by atoms with Crippen LogP contribution in [0.25, 0.3) is 0 Å². The predicted molar refractivity (Wildman–Crippen MR) is 66.9 cm³/mol. The first kappa shape index (κ1) is 15.4. The van der Waals surface area contributed by atoms with Crippen molar-refractivity contribution in [1.29, 1.82) is 0 Å². The van der Waals surface area contributed by atoms with Crippen molar-refractivity contribution in [1.82, 2.24) is 16.0 Å². The van der Waals surface area contributed by atoms with Crippen molar-refractivity contribution in [3.8, 4) is 0 Å². The average Bonchev–Trinajstić information content (AvgIpc) is 2.63. The molecule has 0 radical (unpaired) electrons. The van der Waals surface area contributed by atoms with E-state index in [0.29, 0.717) is 6.42 Å². The van der Waals surface area contributed by atoms with Crippen molar-refractivity contribution in [2.24, 2.45) is 0 Å². The van der Waals surface area contributed by atoms with Gasteiger partial charge in [-0.15, -0.1) is 0 Å². The second kappa shape index (κ2) is 6.50. The van der Waals surface area contributed by atoms with Gasteiger partial charge in [0.1, 0.15) is 0 Å². The number of sulfone groups is 1. The summed E-state index contributed by atoms with van der Waals surface area (Å²) in [4.78, 5) is 33.3. The van der Waals surface area contributed by atoms with Crippen molar-refractivity contribution in [3.63, 3.8) is 0 Å².